The summed E-state index contributed by atoms with van der Waals surface area (Å²) >= 11 is 0. The zero-order chi connectivity index (χ0) is 25.4. The van der Waals surface area contributed by atoms with Crippen LogP contribution in [0.3, 0.4) is 0 Å². The molecule has 0 spiro atoms. The van der Waals surface area contributed by atoms with Crippen LogP contribution in [0, 0.1) is 41.5 Å². The predicted octanol–water partition coefficient (Wildman–Crippen LogP) is 7.92. The van der Waals surface area contributed by atoms with Gasteiger partial charge in [0.15, 0.2) is 11.5 Å². The van der Waals surface area contributed by atoms with E-state index in [1.807, 2.05) is 76.8 Å². The van der Waals surface area contributed by atoms with Gasteiger partial charge in [0.1, 0.15) is 17.2 Å². The maximum atomic E-state index is 10.4. The zero-order valence-electron chi connectivity index (χ0n) is 21.0. The molecule has 4 aromatic carbocycles. The van der Waals surface area contributed by atoms with Gasteiger partial charge in [-0.1, -0.05) is 12.1 Å². The van der Waals surface area contributed by atoms with Crippen molar-refractivity contribution in [3.8, 4) is 28.7 Å². The lowest BCUT2D eigenvalue weighted by atomic mass is 10.0. The third-order valence-corrected chi connectivity index (χ3v) is 6.68. The maximum Gasteiger partial charge on any atom is 0.172 e. The van der Waals surface area contributed by atoms with Crippen LogP contribution in [0.25, 0.3) is 0 Å². The van der Waals surface area contributed by atoms with Gasteiger partial charge in [0.25, 0.3) is 0 Å². The van der Waals surface area contributed by atoms with Crippen LogP contribution in [-0.2, 0) is 0 Å². The van der Waals surface area contributed by atoms with E-state index in [-0.39, 0.29) is 17.2 Å². The molecule has 35 heavy (non-hydrogen) atoms. The topological polar surface area (TPSA) is 73.2 Å². The number of ether oxygens (including phenoxy) is 1. The molecule has 0 saturated heterocycles. The first-order valence-electron chi connectivity index (χ1n) is 11.5. The van der Waals surface area contributed by atoms with Gasteiger partial charge in [0.05, 0.1) is 11.4 Å². The van der Waals surface area contributed by atoms with E-state index in [0.717, 1.165) is 50.4 Å². The number of anilines is 3. The Kier molecular flexibility index (Phi) is 6.35. The van der Waals surface area contributed by atoms with Crippen molar-refractivity contribution in [1.29, 1.82) is 0 Å². The molecule has 0 heterocycles. The Hall–Kier alpha value is -4.12. The number of phenolic OH excluding ortho intramolecular Hbond substituents is 3. The summed E-state index contributed by atoms with van der Waals surface area (Å²) < 4.78 is 6.16. The van der Waals surface area contributed by atoms with Gasteiger partial charge in [-0.2, -0.15) is 0 Å². The first-order valence-corrected chi connectivity index (χ1v) is 11.5. The number of hydrogen-bond acceptors (Lipinski definition) is 5. The Morgan fingerprint density at radius 1 is 0.600 bits per heavy atom. The quantitative estimate of drug-likeness (QED) is 0.277. The predicted molar refractivity (Wildman–Crippen MR) is 141 cm³/mol. The minimum atomic E-state index is 0.0780. The number of aromatic hydroxyl groups is 3. The Balaban J connectivity index is 1.92. The second-order valence-electron chi connectivity index (χ2n) is 9.10. The molecule has 4 rings (SSSR count). The minimum Gasteiger partial charge on any atom is -0.508 e. The molecule has 0 unspecified atom stereocenters. The van der Waals surface area contributed by atoms with Gasteiger partial charge in [-0.15, -0.1) is 0 Å². The molecule has 0 aliphatic heterocycles. The van der Waals surface area contributed by atoms with Crippen molar-refractivity contribution in [2.45, 2.75) is 41.5 Å². The van der Waals surface area contributed by atoms with Crippen LogP contribution < -0.4 is 9.64 Å². The molecule has 0 aromatic heterocycles. The molecule has 5 heteroatoms. The summed E-state index contributed by atoms with van der Waals surface area (Å²) in [4.78, 5) is 2.01. The Bertz CT molecular complexity index is 1370. The zero-order valence-corrected chi connectivity index (χ0v) is 21.0. The van der Waals surface area contributed by atoms with Crippen molar-refractivity contribution in [2.24, 2.45) is 0 Å². The van der Waals surface area contributed by atoms with E-state index in [9.17, 15) is 15.3 Å². The lowest BCUT2D eigenvalue weighted by molar-refractivity contribution is 0.408. The van der Waals surface area contributed by atoms with E-state index in [1.54, 1.807) is 30.3 Å². The van der Waals surface area contributed by atoms with Crippen molar-refractivity contribution >= 4 is 17.1 Å². The molecule has 0 aliphatic carbocycles. The summed E-state index contributed by atoms with van der Waals surface area (Å²) in [5, 5.41) is 31.3. The van der Waals surface area contributed by atoms with Gasteiger partial charge in [-0.05, 0) is 105 Å². The average molecular weight is 470 g/mol. The Morgan fingerprint density at radius 2 is 1.17 bits per heavy atom. The van der Waals surface area contributed by atoms with Crippen LogP contribution in [0.1, 0.15) is 33.4 Å². The first kappa shape index (κ1) is 24.0. The molecule has 0 bridgehead atoms. The summed E-state index contributed by atoms with van der Waals surface area (Å²) in [5.74, 6) is 1.38. The van der Waals surface area contributed by atoms with Crippen LogP contribution in [0.15, 0.2) is 60.7 Å². The lowest BCUT2D eigenvalue weighted by Gasteiger charge is -2.30. The average Bonchev–Trinajstić information content (AvgIpc) is 2.80. The second kappa shape index (κ2) is 9.26. The van der Waals surface area contributed by atoms with Crippen molar-refractivity contribution < 1.29 is 20.1 Å². The Morgan fingerprint density at radius 3 is 1.74 bits per heavy atom. The van der Waals surface area contributed by atoms with Crippen LogP contribution in [0.2, 0.25) is 0 Å². The first-order chi connectivity index (χ1) is 16.6. The van der Waals surface area contributed by atoms with Gasteiger partial charge in [0.2, 0.25) is 0 Å². The summed E-state index contributed by atoms with van der Waals surface area (Å²) in [6.45, 7) is 11.8. The molecular formula is C30H31NO4. The lowest BCUT2D eigenvalue weighted by Crippen LogP contribution is -2.14. The number of phenols is 3. The molecule has 0 saturated carbocycles. The summed E-state index contributed by atoms with van der Waals surface area (Å²) in [6, 6.07) is 18.0. The van der Waals surface area contributed by atoms with Gasteiger partial charge in [-0.3, -0.25) is 0 Å². The van der Waals surface area contributed by atoms with Gasteiger partial charge < -0.3 is 25.0 Å². The molecule has 5 nitrogen and oxygen atoms in total. The SMILES string of the molecule is Cc1cc(O)cc(N(c2cccc(Oc3c(O)ccc(C)c3C)c2)c2cc(O)cc(C)c2C)c1C. The monoisotopic (exact) mass is 469 g/mol. The highest BCUT2D eigenvalue weighted by Gasteiger charge is 2.21. The van der Waals surface area contributed by atoms with Crippen LogP contribution in [0.4, 0.5) is 17.1 Å². The second-order valence-corrected chi connectivity index (χ2v) is 9.10. The molecule has 3 N–H and O–H groups in total. The Labute approximate surface area is 206 Å². The summed E-state index contributed by atoms with van der Waals surface area (Å²) in [7, 11) is 0. The van der Waals surface area contributed by atoms with Crippen molar-refractivity contribution in [3.63, 3.8) is 0 Å². The molecule has 0 fully saturated rings. The van der Waals surface area contributed by atoms with Gasteiger partial charge in [-0.25, -0.2) is 0 Å². The highest BCUT2D eigenvalue weighted by atomic mass is 16.5. The van der Waals surface area contributed by atoms with E-state index in [4.69, 9.17) is 4.74 Å². The smallest absolute Gasteiger partial charge is 0.172 e. The standard InChI is InChI=1S/C30H31NO4/c1-17-10-11-29(34)30(22(17)6)35-26-9-7-8-23(14-26)31(27-15-24(32)12-18(2)20(27)4)28-16-25(33)13-19(3)21(28)5/h7-16,32-34H,1-6H3. The van der Waals surface area contributed by atoms with E-state index < -0.39 is 0 Å². The summed E-state index contributed by atoms with van der Waals surface area (Å²) in [6.07, 6.45) is 0. The van der Waals surface area contributed by atoms with E-state index in [2.05, 4.69) is 0 Å². The van der Waals surface area contributed by atoms with Crippen LogP contribution in [-0.4, -0.2) is 15.3 Å². The fourth-order valence-corrected chi connectivity index (χ4v) is 4.23. The van der Waals surface area contributed by atoms with Crippen LogP contribution in [0.5, 0.6) is 28.7 Å². The third kappa shape index (κ3) is 4.62. The molecule has 180 valence electrons. The fraction of sp³-hybridized carbons (Fsp3) is 0.200. The molecule has 0 atom stereocenters. The largest absolute Gasteiger partial charge is 0.508 e. The van der Waals surface area contributed by atoms with Crippen molar-refractivity contribution in [2.75, 3.05) is 4.90 Å². The maximum absolute atomic E-state index is 10.4. The van der Waals surface area contributed by atoms with E-state index in [1.165, 1.54) is 0 Å². The van der Waals surface area contributed by atoms with Gasteiger partial charge >= 0.3 is 0 Å². The third-order valence-electron chi connectivity index (χ3n) is 6.68. The van der Waals surface area contributed by atoms with Crippen molar-refractivity contribution in [3.05, 3.63) is 94.0 Å². The number of hydrogen-bond donors (Lipinski definition) is 3. The molecule has 0 aliphatic rings. The highest BCUT2D eigenvalue weighted by molar-refractivity contribution is 5.83. The summed E-state index contributed by atoms with van der Waals surface area (Å²) in [5.41, 5.74) is 8.17. The number of nitrogens with zero attached hydrogens (tertiary/aromatic N) is 1. The highest BCUT2D eigenvalue weighted by Crippen LogP contribution is 2.44. The van der Waals surface area contributed by atoms with Gasteiger partial charge in [0, 0.05) is 23.9 Å². The molecular weight excluding hydrogens is 438 g/mol. The molecule has 4 aromatic rings. The fourth-order valence-electron chi connectivity index (χ4n) is 4.23. The molecule has 0 amide bonds. The minimum absolute atomic E-state index is 0.0780. The van der Waals surface area contributed by atoms with E-state index in [0.29, 0.717) is 11.5 Å². The normalized spacial score (nSPS) is 10.9. The number of aryl methyl sites for hydroxylation is 3. The van der Waals surface area contributed by atoms with Crippen LogP contribution >= 0.6 is 0 Å². The molecule has 0 radical (unpaired) electrons. The van der Waals surface area contributed by atoms with E-state index >= 15 is 0 Å². The number of rotatable bonds is 5. The van der Waals surface area contributed by atoms with Crippen molar-refractivity contribution in [1.82, 2.24) is 0 Å². The number of benzene rings is 4.